The van der Waals surface area contributed by atoms with Crippen molar-refractivity contribution in [2.45, 2.75) is 32.1 Å². The molecule has 1 fully saturated rings. The van der Waals surface area contributed by atoms with E-state index < -0.39 is 0 Å². The summed E-state index contributed by atoms with van der Waals surface area (Å²) in [6, 6.07) is 5.54. The quantitative estimate of drug-likeness (QED) is 0.826. The van der Waals surface area contributed by atoms with Gasteiger partial charge in [-0.15, -0.1) is 0 Å². The normalized spacial score (nSPS) is 15.9. The maximum absolute atomic E-state index is 12.5. The summed E-state index contributed by atoms with van der Waals surface area (Å²) in [6.07, 6.45) is 6.43. The van der Waals surface area contributed by atoms with Gasteiger partial charge in [0.2, 0.25) is 0 Å². The van der Waals surface area contributed by atoms with Crippen molar-refractivity contribution in [2.75, 3.05) is 20.7 Å². The second-order valence-electron chi connectivity index (χ2n) is 5.53. The van der Waals surface area contributed by atoms with Crippen molar-refractivity contribution >= 4 is 21.8 Å². The van der Waals surface area contributed by atoms with E-state index in [2.05, 4.69) is 15.9 Å². The van der Waals surface area contributed by atoms with Crippen LogP contribution in [0.1, 0.15) is 42.5 Å². The Kier molecular flexibility index (Phi) is 5.46. The molecule has 1 aliphatic carbocycles. The van der Waals surface area contributed by atoms with E-state index in [1.165, 1.54) is 32.1 Å². The molecule has 4 heteroatoms. The molecule has 0 bridgehead atoms. The molecular weight excluding hydrogens is 318 g/mol. The first-order valence-electron chi connectivity index (χ1n) is 7.21. The third kappa shape index (κ3) is 3.75. The third-order valence-corrected chi connectivity index (χ3v) is 4.49. The molecule has 20 heavy (non-hydrogen) atoms. The van der Waals surface area contributed by atoms with Crippen LogP contribution in [-0.4, -0.2) is 31.5 Å². The zero-order valence-electron chi connectivity index (χ0n) is 12.2. The lowest BCUT2D eigenvalue weighted by atomic mass is 9.89. The molecule has 0 aliphatic heterocycles. The smallest absolute Gasteiger partial charge is 0.257 e. The molecule has 0 aromatic heterocycles. The molecule has 0 N–H and O–H groups in total. The summed E-state index contributed by atoms with van der Waals surface area (Å²) in [7, 11) is 3.48. The van der Waals surface area contributed by atoms with Crippen molar-refractivity contribution in [3.63, 3.8) is 0 Å². The Morgan fingerprint density at radius 2 is 2.05 bits per heavy atom. The van der Waals surface area contributed by atoms with Gasteiger partial charge in [0.15, 0.2) is 0 Å². The standard InChI is InChI=1S/C16H22BrNO2/c1-18(11-12-6-4-3-5-7-12)16(19)14-9-8-13(17)10-15(14)20-2/h8-10,12H,3-7,11H2,1-2H3. The Balaban J connectivity index is 2.05. The second kappa shape index (κ2) is 7.11. The lowest BCUT2D eigenvalue weighted by molar-refractivity contribution is 0.0757. The molecule has 1 amide bonds. The van der Waals surface area contributed by atoms with Gasteiger partial charge in [0.25, 0.3) is 5.91 Å². The average Bonchev–Trinajstić information content (AvgIpc) is 2.47. The van der Waals surface area contributed by atoms with Crippen LogP contribution in [0.15, 0.2) is 22.7 Å². The SMILES string of the molecule is COc1cc(Br)ccc1C(=O)N(C)CC1CCCCC1. The first kappa shape index (κ1) is 15.4. The molecule has 0 atom stereocenters. The van der Waals surface area contributed by atoms with E-state index in [0.29, 0.717) is 17.2 Å². The minimum Gasteiger partial charge on any atom is -0.496 e. The number of hydrogen-bond acceptors (Lipinski definition) is 2. The molecule has 3 nitrogen and oxygen atoms in total. The summed E-state index contributed by atoms with van der Waals surface area (Å²) < 4.78 is 6.23. The first-order valence-corrected chi connectivity index (χ1v) is 8.00. The van der Waals surface area contributed by atoms with E-state index in [1.807, 2.05) is 30.1 Å². The number of nitrogens with zero attached hydrogens (tertiary/aromatic N) is 1. The number of benzene rings is 1. The van der Waals surface area contributed by atoms with Gasteiger partial charge in [0, 0.05) is 18.1 Å². The lowest BCUT2D eigenvalue weighted by Crippen LogP contribution is -2.32. The molecule has 0 heterocycles. The van der Waals surface area contributed by atoms with E-state index in [4.69, 9.17) is 4.74 Å². The predicted octanol–water partition coefficient (Wildman–Crippen LogP) is 4.11. The maximum Gasteiger partial charge on any atom is 0.257 e. The number of rotatable bonds is 4. The molecule has 110 valence electrons. The fourth-order valence-corrected chi connectivity index (χ4v) is 3.23. The minimum absolute atomic E-state index is 0.0416. The zero-order valence-corrected chi connectivity index (χ0v) is 13.8. The Morgan fingerprint density at radius 1 is 1.35 bits per heavy atom. The summed E-state index contributed by atoms with van der Waals surface area (Å²) in [5, 5.41) is 0. The highest BCUT2D eigenvalue weighted by Crippen LogP contribution is 2.27. The number of ether oxygens (including phenoxy) is 1. The largest absolute Gasteiger partial charge is 0.496 e. The monoisotopic (exact) mass is 339 g/mol. The molecule has 1 aromatic rings. The van der Waals surface area contributed by atoms with Gasteiger partial charge in [0.1, 0.15) is 5.75 Å². The molecule has 2 rings (SSSR count). The Bertz CT molecular complexity index is 470. The van der Waals surface area contributed by atoms with Gasteiger partial charge in [-0.25, -0.2) is 0 Å². The van der Waals surface area contributed by atoms with Gasteiger partial charge in [0.05, 0.1) is 12.7 Å². The minimum atomic E-state index is 0.0416. The number of carbonyl (C=O) groups excluding carboxylic acids is 1. The Morgan fingerprint density at radius 3 is 2.70 bits per heavy atom. The summed E-state index contributed by atoms with van der Waals surface area (Å²) in [5.74, 6) is 1.32. The van der Waals surface area contributed by atoms with Gasteiger partial charge in [-0.05, 0) is 37.0 Å². The van der Waals surface area contributed by atoms with Crippen molar-refractivity contribution < 1.29 is 9.53 Å². The van der Waals surface area contributed by atoms with Crippen molar-refractivity contribution in [1.29, 1.82) is 0 Å². The Hall–Kier alpha value is -1.03. The molecule has 1 saturated carbocycles. The van der Waals surface area contributed by atoms with E-state index in [0.717, 1.165) is 11.0 Å². The molecule has 0 saturated heterocycles. The highest BCUT2D eigenvalue weighted by molar-refractivity contribution is 9.10. The van der Waals surface area contributed by atoms with Crippen LogP contribution in [0.5, 0.6) is 5.75 Å². The zero-order chi connectivity index (χ0) is 14.5. The van der Waals surface area contributed by atoms with E-state index in [1.54, 1.807) is 7.11 Å². The highest BCUT2D eigenvalue weighted by Gasteiger charge is 2.21. The molecule has 0 unspecified atom stereocenters. The van der Waals surface area contributed by atoms with E-state index >= 15 is 0 Å². The van der Waals surface area contributed by atoms with Gasteiger partial charge >= 0.3 is 0 Å². The summed E-state index contributed by atoms with van der Waals surface area (Å²) in [4.78, 5) is 14.4. The number of halogens is 1. The van der Waals surface area contributed by atoms with E-state index in [-0.39, 0.29) is 5.91 Å². The van der Waals surface area contributed by atoms with Crippen molar-refractivity contribution in [2.24, 2.45) is 5.92 Å². The first-order chi connectivity index (χ1) is 9.61. The van der Waals surface area contributed by atoms with Crippen LogP contribution in [-0.2, 0) is 0 Å². The average molecular weight is 340 g/mol. The molecule has 1 aromatic carbocycles. The topological polar surface area (TPSA) is 29.5 Å². The molecule has 0 spiro atoms. The fourth-order valence-electron chi connectivity index (χ4n) is 2.89. The summed E-state index contributed by atoms with van der Waals surface area (Å²) in [5.41, 5.74) is 0.633. The van der Waals surface area contributed by atoms with Gasteiger partial charge in [-0.2, -0.15) is 0 Å². The van der Waals surface area contributed by atoms with Crippen molar-refractivity contribution in [3.05, 3.63) is 28.2 Å². The predicted molar refractivity (Wildman–Crippen MR) is 84.2 cm³/mol. The lowest BCUT2D eigenvalue weighted by Gasteiger charge is -2.27. The van der Waals surface area contributed by atoms with Crippen LogP contribution in [0, 0.1) is 5.92 Å². The van der Waals surface area contributed by atoms with Gasteiger partial charge < -0.3 is 9.64 Å². The maximum atomic E-state index is 12.5. The third-order valence-electron chi connectivity index (χ3n) is 4.00. The van der Waals surface area contributed by atoms with Gasteiger partial charge in [-0.3, -0.25) is 4.79 Å². The van der Waals surface area contributed by atoms with E-state index in [9.17, 15) is 4.79 Å². The van der Waals surface area contributed by atoms with Crippen molar-refractivity contribution in [3.8, 4) is 5.75 Å². The number of carbonyl (C=O) groups is 1. The summed E-state index contributed by atoms with van der Waals surface area (Å²) in [6.45, 7) is 0.845. The number of amides is 1. The van der Waals surface area contributed by atoms with Crippen LogP contribution >= 0.6 is 15.9 Å². The second-order valence-corrected chi connectivity index (χ2v) is 6.45. The number of hydrogen-bond donors (Lipinski definition) is 0. The Labute approximate surface area is 129 Å². The number of methoxy groups -OCH3 is 1. The molecule has 1 aliphatic rings. The van der Waals surface area contributed by atoms with Crippen LogP contribution in [0.25, 0.3) is 0 Å². The van der Waals surface area contributed by atoms with Crippen LogP contribution in [0.3, 0.4) is 0 Å². The highest BCUT2D eigenvalue weighted by atomic mass is 79.9. The molecule has 0 radical (unpaired) electrons. The molecular formula is C16H22BrNO2. The van der Waals surface area contributed by atoms with Crippen LogP contribution in [0.4, 0.5) is 0 Å². The van der Waals surface area contributed by atoms with Crippen LogP contribution < -0.4 is 4.74 Å². The van der Waals surface area contributed by atoms with Gasteiger partial charge in [-0.1, -0.05) is 35.2 Å². The summed E-state index contributed by atoms with van der Waals surface area (Å²) >= 11 is 3.40. The van der Waals surface area contributed by atoms with Crippen molar-refractivity contribution in [1.82, 2.24) is 4.90 Å². The fraction of sp³-hybridized carbons (Fsp3) is 0.562. The van der Waals surface area contributed by atoms with Crippen LogP contribution in [0.2, 0.25) is 0 Å².